The number of hydrogen-bond acceptors (Lipinski definition) is 4. The van der Waals surface area contributed by atoms with Crippen molar-refractivity contribution in [2.75, 3.05) is 11.9 Å². The van der Waals surface area contributed by atoms with Crippen molar-refractivity contribution in [2.24, 2.45) is 11.8 Å². The summed E-state index contributed by atoms with van der Waals surface area (Å²) in [5.74, 6) is -0.138. The summed E-state index contributed by atoms with van der Waals surface area (Å²) in [6.45, 7) is 8.34. The molecule has 26 heavy (non-hydrogen) atoms. The van der Waals surface area contributed by atoms with Gasteiger partial charge in [0.2, 0.25) is 11.8 Å². The maximum Gasteiger partial charge on any atom is 0.246 e. The number of hydrogen-bond donors (Lipinski definition) is 3. The van der Waals surface area contributed by atoms with Crippen molar-refractivity contribution in [3.8, 4) is 6.07 Å². The molecule has 0 heterocycles. The van der Waals surface area contributed by atoms with Crippen molar-refractivity contribution >= 4 is 17.5 Å². The molecule has 0 fully saturated rings. The lowest BCUT2D eigenvalue weighted by molar-refractivity contribution is -0.129. The first-order chi connectivity index (χ1) is 12.3. The third kappa shape index (κ3) is 7.66. The van der Waals surface area contributed by atoms with Gasteiger partial charge in [-0.05, 0) is 30.4 Å². The van der Waals surface area contributed by atoms with Crippen LogP contribution in [-0.2, 0) is 9.59 Å². The lowest BCUT2D eigenvalue weighted by Gasteiger charge is -2.26. The van der Waals surface area contributed by atoms with Gasteiger partial charge < -0.3 is 16.0 Å². The molecular weight excluding hydrogens is 328 g/mol. The van der Waals surface area contributed by atoms with Gasteiger partial charge in [0.25, 0.3) is 0 Å². The van der Waals surface area contributed by atoms with Gasteiger partial charge in [0.15, 0.2) is 0 Å². The average Bonchev–Trinajstić information content (AvgIpc) is 2.58. The van der Waals surface area contributed by atoms with E-state index < -0.39 is 12.1 Å². The van der Waals surface area contributed by atoms with E-state index in [1.165, 1.54) is 0 Å². The van der Waals surface area contributed by atoms with Gasteiger partial charge >= 0.3 is 0 Å². The van der Waals surface area contributed by atoms with E-state index in [9.17, 15) is 9.59 Å². The molecule has 1 rings (SSSR count). The minimum Gasteiger partial charge on any atom is -0.343 e. The van der Waals surface area contributed by atoms with Crippen molar-refractivity contribution in [1.29, 1.82) is 5.26 Å². The monoisotopic (exact) mass is 358 g/mol. The van der Waals surface area contributed by atoms with Crippen molar-refractivity contribution < 1.29 is 9.59 Å². The molecule has 0 unspecified atom stereocenters. The molecule has 2 amide bonds. The predicted molar refractivity (Wildman–Crippen MR) is 103 cm³/mol. The van der Waals surface area contributed by atoms with Gasteiger partial charge in [-0.1, -0.05) is 45.9 Å². The summed E-state index contributed by atoms with van der Waals surface area (Å²) in [6.07, 6.45) is 0.883. The number of nitriles is 1. The number of carbonyl (C=O) groups excluding carboxylic acids is 2. The molecule has 2 atom stereocenters. The number of benzene rings is 1. The molecule has 0 aliphatic heterocycles. The van der Waals surface area contributed by atoms with E-state index in [1.807, 2.05) is 58.0 Å². The van der Waals surface area contributed by atoms with Crippen LogP contribution in [0.1, 0.15) is 40.5 Å². The number of nitrogens with one attached hydrogen (secondary N) is 3. The lowest BCUT2D eigenvalue weighted by Crippen LogP contribution is -2.53. The van der Waals surface area contributed by atoms with E-state index in [0.717, 1.165) is 0 Å². The smallest absolute Gasteiger partial charge is 0.246 e. The van der Waals surface area contributed by atoms with Crippen LogP contribution in [0.5, 0.6) is 0 Å². The van der Waals surface area contributed by atoms with Gasteiger partial charge in [-0.3, -0.25) is 9.59 Å². The Morgan fingerprint density at radius 2 is 1.73 bits per heavy atom. The zero-order valence-corrected chi connectivity index (χ0v) is 16.1. The van der Waals surface area contributed by atoms with Gasteiger partial charge in [-0.2, -0.15) is 5.26 Å². The Bertz CT molecular complexity index is 608. The summed E-state index contributed by atoms with van der Waals surface area (Å²) >= 11 is 0. The van der Waals surface area contributed by atoms with E-state index in [0.29, 0.717) is 25.1 Å². The van der Waals surface area contributed by atoms with Gasteiger partial charge in [0, 0.05) is 18.7 Å². The molecule has 0 bridgehead atoms. The largest absolute Gasteiger partial charge is 0.343 e. The molecule has 3 N–H and O–H groups in total. The van der Waals surface area contributed by atoms with Crippen molar-refractivity contribution in [3.63, 3.8) is 0 Å². The molecule has 0 aromatic heterocycles. The van der Waals surface area contributed by atoms with Crippen LogP contribution in [0.3, 0.4) is 0 Å². The fourth-order valence-corrected chi connectivity index (χ4v) is 2.63. The zero-order chi connectivity index (χ0) is 19.5. The molecule has 1 aromatic carbocycles. The van der Waals surface area contributed by atoms with E-state index in [4.69, 9.17) is 5.26 Å². The topological polar surface area (TPSA) is 94.0 Å². The van der Waals surface area contributed by atoms with Gasteiger partial charge in [0.1, 0.15) is 6.04 Å². The maximum atomic E-state index is 12.7. The standard InChI is InChI=1S/C20H30N4O2/c1-14(2)13-17(19(25)23-16-9-6-5-7-10-16)24-20(26)18(15(3)4)22-12-8-11-21/h5-7,9-10,14-15,17-18,22H,8,12-13H2,1-4H3,(H,23,25)(H,24,26)/t17-,18-/m1/s1. The van der Waals surface area contributed by atoms with Crippen LogP contribution in [0.15, 0.2) is 30.3 Å². The summed E-state index contributed by atoms with van der Waals surface area (Å²) in [4.78, 5) is 25.3. The third-order valence-electron chi connectivity index (χ3n) is 3.93. The summed E-state index contributed by atoms with van der Waals surface area (Å²) in [5, 5.41) is 17.5. The fourth-order valence-electron chi connectivity index (χ4n) is 2.63. The van der Waals surface area contributed by atoms with E-state index in [2.05, 4.69) is 22.0 Å². The zero-order valence-electron chi connectivity index (χ0n) is 16.1. The van der Waals surface area contributed by atoms with Gasteiger partial charge in [-0.25, -0.2) is 0 Å². The van der Waals surface area contributed by atoms with Crippen LogP contribution < -0.4 is 16.0 Å². The third-order valence-corrected chi connectivity index (χ3v) is 3.93. The highest BCUT2D eigenvalue weighted by Gasteiger charge is 2.27. The Morgan fingerprint density at radius 1 is 1.08 bits per heavy atom. The Labute approximate surface area is 156 Å². The molecule has 0 radical (unpaired) electrons. The van der Waals surface area contributed by atoms with Gasteiger partial charge in [-0.15, -0.1) is 0 Å². The Kier molecular flexibility index (Phi) is 9.38. The van der Waals surface area contributed by atoms with Crippen LogP contribution in [0.4, 0.5) is 5.69 Å². The highest BCUT2D eigenvalue weighted by atomic mass is 16.2. The summed E-state index contributed by atoms with van der Waals surface area (Å²) in [7, 11) is 0. The predicted octanol–water partition coefficient (Wildman–Crippen LogP) is 2.68. The quantitative estimate of drug-likeness (QED) is 0.561. The first kappa shape index (κ1) is 21.7. The number of rotatable bonds is 10. The second-order valence-electron chi connectivity index (χ2n) is 7.13. The Morgan fingerprint density at radius 3 is 2.27 bits per heavy atom. The van der Waals surface area contributed by atoms with E-state index in [-0.39, 0.29) is 23.7 Å². The van der Waals surface area contributed by atoms with Crippen LogP contribution >= 0.6 is 0 Å². The van der Waals surface area contributed by atoms with E-state index in [1.54, 1.807) is 0 Å². The highest BCUT2D eigenvalue weighted by molar-refractivity contribution is 5.97. The van der Waals surface area contributed by atoms with Crippen LogP contribution in [0.25, 0.3) is 0 Å². The number of para-hydroxylation sites is 1. The normalized spacial score (nSPS) is 13.1. The minimum atomic E-state index is -0.610. The first-order valence-corrected chi connectivity index (χ1v) is 9.11. The van der Waals surface area contributed by atoms with Crippen molar-refractivity contribution in [1.82, 2.24) is 10.6 Å². The number of carbonyl (C=O) groups is 2. The first-order valence-electron chi connectivity index (χ1n) is 9.11. The highest BCUT2D eigenvalue weighted by Crippen LogP contribution is 2.11. The summed E-state index contributed by atoms with van der Waals surface area (Å²) in [5.41, 5.74) is 0.702. The molecule has 0 aliphatic rings. The average molecular weight is 358 g/mol. The Balaban J connectivity index is 2.79. The molecule has 6 heteroatoms. The van der Waals surface area contributed by atoms with Crippen LogP contribution in [0.2, 0.25) is 0 Å². The molecule has 0 saturated heterocycles. The van der Waals surface area contributed by atoms with Gasteiger partial charge in [0.05, 0.1) is 12.1 Å². The number of amides is 2. The maximum absolute atomic E-state index is 12.7. The fraction of sp³-hybridized carbons (Fsp3) is 0.550. The molecule has 0 aliphatic carbocycles. The molecule has 6 nitrogen and oxygen atoms in total. The number of anilines is 1. The molecule has 1 aromatic rings. The molecule has 0 spiro atoms. The van der Waals surface area contributed by atoms with Crippen molar-refractivity contribution in [3.05, 3.63) is 30.3 Å². The van der Waals surface area contributed by atoms with E-state index >= 15 is 0 Å². The SMILES string of the molecule is CC(C)C[C@@H](NC(=O)[C@H](NCCC#N)C(C)C)C(=O)Nc1ccccc1. The van der Waals surface area contributed by atoms with Crippen LogP contribution in [0, 0.1) is 23.2 Å². The Hall–Kier alpha value is -2.39. The summed E-state index contributed by atoms with van der Waals surface area (Å²) in [6, 6.07) is 10.2. The summed E-state index contributed by atoms with van der Waals surface area (Å²) < 4.78 is 0. The minimum absolute atomic E-state index is 0.0468. The lowest BCUT2D eigenvalue weighted by atomic mass is 10.00. The molecule has 142 valence electrons. The molecule has 0 saturated carbocycles. The second kappa shape index (κ2) is 11.3. The number of nitrogens with zero attached hydrogens (tertiary/aromatic N) is 1. The van der Waals surface area contributed by atoms with Crippen LogP contribution in [-0.4, -0.2) is 30.4 Å². The van der Waals surface area contributed by atoms with Crippen molar-refractivity contribution in [2.45, 2.75) is 52.6 Å². The second-order valence-corrected chi connectivity index (χ2v) is 7.13. The molecular formula is C20H30N4O2.